The molecule has 0 saturated heterocycles. The number of furan rings is 1. The topological polar surface area (TPSA) is 51.5 Å². The molecule has 202 valence electrons. The highest BCUT2D eigenvalue weighted by Gasteiger charge is 2.39. The third kappa shape index (κ3) is 9.80. The minimum atomic E-state index is -1.55. The van der Waals surface area contributed by atoms with Gasteiger partial charge in [-0.3, -0.25) is 5.32 Å². The molecule has 0 aliphatic carbocycles. The second-order valence-electron chi connectivity index (χ2n) is 10.4. The van der Waals surface area contributed by atoms with Crippen LogP contribution in [0.25, 0.3) is 0 Å². The van der Waals surface area contributed by atoms with Crippen LogP contribution in [-0.2, 0) is 4.74 Å². The van der Waals surface area contributed by atoms with E-state index < -0.39 is 8.07 Å². The molecule has 4 nitrogen and oxygen atoms in total. The van der Waals surface area contributed by atoms with Crippen molar-refractivity contribution < 1.29 is 13.9 Å². The minimum Gasteiger partial charge on any atom is -0.466 e. The molecular formula is C31H51NO3Si. The average Bonchev–Trinajstić information content (AvgIpc) is 3.32. The molecule has 2 aromatic rings. The van der Waals surface area contributed by atoms with Crippen LogP contribution in [0.1, 0.15) is 109 Å². The number of rotatable bonds is 18. The molecule has 1 amide bonds. The Morgan fingerprint density at radius 1 is 0.833 bits per heavy atom. The van der Waals surface area contributed by atoms with E-state index in [9.17, 15) is 4.79 Å². The molecule has 2 unspecified atom stereocenters. The van der Waals surface area contributed by atoms with Crippen molar-refractivity contribution in [2.75, 3.05) is 5.32 Å². The molecule has 0 aliphatic rings. The Morgan fingerprint density at radius 3 is 2.06 bits per heavy atom. The van der Waals surface area contributed by atoms with Gasteiger partial charge in [0.15, 0.2) is 0 Å². The molecule has 2 rings (SSSR count). The highest BCUT2D eigenvalue weighted by atomic mass is 28.3. The number of para-hydroxylation sites is 1. The fourth-order valence-corrected chi connectivity index (χ4v) is 10.2. The van der Waals surface area contributed by atoms with E-state index in [1.54, 1.807) is 0 Å². The van der Waals surface area contributed by atoms with Gasteiger partial charge >= 0.3 is 6.09 Å². The van der Waals surface area contributed by atoms with Gasteiger partial charge in [0.1, 0.15) is 17.6 Å². The number of benzene rings is 1. The first-order valence-electron chi connectivity index (χ1n) is 14.6. The summed E-state index contributed by atoms with van der Waals surface area (Å²) >= 11 is 0. The third-order valence-electron chi connectivity index (χ3n) is 8.16. The van der Waals surface area contributed by atoms with Crippen molar-refractivity contribution in [1.29, 1.82) is 0 Å². The van der Waals surface area contributed by atoms with E-state index in [4.69, 9.17) is 9.15 Å². The second-order valence-corrected chi connectivity index (χ2v) is 16.0. The summed E-state index contributed by atoms with van der Waals surface area (Å²) in [4.78, 5) is 12.8. The van der Waals surface area contributed by atoms with Gasteiger partial charge in [-0.05, 0) is 56.9 Å². The molecule has 36 heavy (non-hydrogen) atoms. The highest BCUT2D eigenvalue weighted by molar-refractivity contribution is 6.80. The average molecular weight is 514 g/mol. The quantitative estimate of drug-likeness (QED) is 0.159. The monoisotopic (exact) mass is 513 g/mol. The number of hydrogen-bond donors (Lipinski definition) is 1. The number of aryl methyl sites for hydroxylation is 1. The minimum absolute atomic E-state index is 0.0693. The normalized spacial score (nSPS) is 13.4. The molecule has 0 fully saturated rings. The fourth-order valence-electron chi connectivity index (χ4n) is 5.64. The van der Waals surface area contributed by atoms with Gasteiger partial charge in [0.2, 0.25) is 0 Å². The lowest BCUT2D eigenvalue weighted by atomic mass is 10.0. The van der Waals surface area contributed by atoms with Crippen molar-refractivity contribution in [3.05, 3.63) is 54.0 Å². The highest BCUT2D eigenvalue weighted by Crippen LogP contribution is 2.40. The summed E-state index contributed by atoms with van der Waals surface area (Å²) in [6.45, 7) is 11.4. The first-order valence-corrected chi connectivity index (χ1v) is 17.3. The molecule has 0 spiro atoms. The number of carbonyl (C=O) groups is 1. The van der Waals surface area contributed by atoms with Gasteiger partial charge < -0.3 is 9.15 Å². The van der Waals surface area contributed by atoms with Crippen LogP contribution >= 0.6 is 0 Å². The van der Waals surface area contributed by atoms with Crippen molar-refractivity contribution in [3.8, 4) is 0 Å². The zero-order chi connectivity index (χ0) is 26.2. The second kappa shape index (κ2) is 16.7. The van der Waals surface area contributed by atoms with E-state index in [-0.39, 0.29) is 12.2 Å². The van der Waals surface area contributed by atoms with E-state index in [1.165, 1.54) is 56.7 Å². The summed E-state index contributed by atoms with van der Waals surface area (Å²) in [6, 6.07) is 17.6. The number of carbonyl (C=O) groups excluding carboxylic acids is 1. The van der Waals surface area contributed by atoms with Crippen molar-refractivity contribution in [2.24, 2.45) is 0 Å². The van der Waals surface area contributed by atoms with Crippen molar-refractivity contribution in [1.82, 2.24) is 0 Å². The zero-order valence-electron chi connectivity index (χ0n) is 23.6. The van der Waals surface area contributed by atoms with E-state index in [2.05, 4.69) is 45.1 Å². The predicted octanol–water partition coefficient (Wildman–Crippen LogP) is 10.3. The Hall–Kier alpha value is -2.01. The van der Waals surface area contributed by atoms with Crippen LogP contribution in [-0.4, -0.2) is 20.3 Å². The number of amides is 1. The molecule has 0 radical (unpaired) electrons. The maximum absolute atomic E-state index is 12.8. The lowest BCUT2D eigenvalue weighted by Gasteiger charge is -2.37. The summed E-state index contributed by atoms with van der Waals surface area (Å²) in [5.41, 5.74) is 1.24. The van der Waals surface area contributed by atoms with Gasteiger partial charge in [-0.1, -0.05) is 103 Å². The molecule has 1 aromatic carbocycles. The van der Waals surface area contributed by atoms with Gasteiger partial charge in [-0.25, -0.2) is 4.79 Å². The van der Waals surface area contributed by atoms with Crippen LogP contribution in [0, 0.1) is 6.92 Å². The first kappa shape index (κ1) is 30.2. The van der Waals surface area contributed by atoms with Gasteiger partial charge in [0.05, 0.1) is 8.07 Å². The Kier molecular flexibility index (Phi) is 14.0. The number of hydrogen-bond acceptors (Lipinski definition) is 3. The molecule has 5 heteroatoms. The van der Waals surface area contributed by atoms with Crippen molar-refractivity contribution in [3.63, 3.8) is 0 Å². The summed E-state index contributed by atoms with van der Waals surface area (Å²) in [6.07, 6.45) is 11.3. The van der Waals surface area contributed by atoms with Crippen molar-refractivity contribution >= 4 is 19.9 Å². The predicted molar refractivity (Wildman–Crippen MR) is 156 cm³/mol. The zero-order valence-corrected chi connectivity index (χ0v) is 24.6. The van der Waals surface area contributed by atoms with Crippen LogP contribution in [0.5, 0.6) is 0 Å². The molecule has 1 N–H and O–H groups in total. The fraction of sp³-hybridized carbons (Fsp3) is 0.645. The van der Waals surface area contributed by atoms with E-state index in [0.717, 1.165) is 42.9 Å². The maximum atomic E-state index is 12.8. The summed E-state index contributed by atoms with van der Waals surface area (Å²) < 4.78 is 12.2. The van der Waals surface area contributed by atoms with E-state index in [1.807, 2.05) is 37.3 Å². The third-order valence-corrected chi connectivity index (χ3v) is 14.4. The molecule has 1 heterocycles. The smallest absolute Gasteiger partial charge is 0.411 e. The van der Waals surface area contributed by atoms with Gasteiger partial charge in [-0.15, -0.1) is 0 Å². The van der Waals surface area contributed by atoms with E-state index >= 15 is 0 Å². The number of ether oxygens (including phenoxy) is 1. The number of unbranched alkanes of at least 4 members (excludes halogenated alkanes) is 6. The molecule has 0 bridgehead atoms. The summed E-state index contributed by atoms with van der Waals surface area (Å²) in [7, 11) is -1.55. The van der Waals surface area contributed by atoms with Gasteiger partial charge in [0, 0.05) is 11.2 Å². The molecule has 0 aliphatic heterocycles. The standard InChI is InChI=1S/C31H51NO3Si/c1-6-10-11-12-13-14-18-21-28(35-31(33)32-27-19-16-15-17-20-27)23-25-30(29-24-22-26(5)34-29)36(7-2,8-3)9-4/h15-17,19-20,22,24,28,30H,6-14,18,21,23,25H2,1-5H3,(H,32,33). The largest absolute Gasteiger partial charge is 0.466 e. The lowest BCUT2D eigenvalue weighted by molar-refractivity contribution is 0.0959. The summed E-state index contributed by atoms with van der Waals surface area (Å²) in [5, 5.41) is 2.91. The molecular weight excluding hydrogens is 462 g/mol. The van der Waals surface area contributed by atoms with Crippen molar-refractivity contribution in [2.45, 2.75) is 129 Å². The van der Waals surface area contributed by atoms with E-state index in [0.29, 0.717) is 5.54 Å². The Labute approximate surface area is 221 Å². The Morgan fingerprint density at radius 2 is 1.47 bits per heavy atom. The lowest BCUT2D eigenvalue weighted by Crippen LogP contribution is -2.40. The van der Waals surface area contributed by atoms with Crippen LogP contribution < -0.4 is 5.32 Å². The van der Waals surface area contributed by atoms with Crippen LogP contribution in [0.4, 0.5) is 10.5 Å². The summed E-state index contributed by atoms with van der Waals surface area (Å²) in [5.74, 6) is 2.13. The molecule has 2 atom stereocenters. The Bertz CT molecular complexity index is 838. The Balaban J connectivity index is 2.07. The van der Waals surface area contributed by atoms with Crippen LogP contribution in [0.15, 0.2) is 46.9 Å². The maximum Gasteiger partial charge on any atom is 0.411 e. The number of nitrogens with one attached hydrogen (secondary N) is 1. The van der Waals surface area contributed by atoms with Crippen LogP contribution in [0.2, 0.25) is 18.1 Å². The first-order chi connectivity index (χ1) is 17.5. The molecule has 0 saturated carbocycles. The van der Waals surface area contributed by atoms with Gasteiger partial charge in [0.25, 0.3) is 0 Å². The van der Waals surface area contributed by atoms with Gasteiger partial charge in [-0.2, -0.15) is 0 Å². The van der Waals surface area contributed by atoms with Crippen LogP contribution in [0.3, 0.4) is 0 Å². The number of anilines is 1. The SMILES string of the molecule is CCCCCCCCCC(CCC(c1ccc(C)o1)[Si](CC)(CC)CC)OC(=O)Nc1ccccc1. The molecule has 1 aromatic heterocycles.